The number of hydrogen-bond acceptors (Lipinski definition) is 3. The van der Waals surface area contributed by atoms with Crippen LogP contribution >= 0.6 is 0 Å². The zero-order chi connectivity index (χ0) is 16.0. The van der Waals surface area contributed by atoms with Crippen LogP contribution in [0.2, 0.25) is 0 Å². The molecule has 4 heteroatoms. The Balaban J connectivity index is 1.43. The van der Waals surface area contributed by atoms with E-state index in [1.807, 2.05) is 6.07 Å². The number of furan rings is 1. The van der Waals surface area contributed by atoms with Crippen molar-refractivity contribution in [1.29, 1.82) is 0 Å². The molecule has 0 aromatic carbocycles. The number of pyridine rings is 1. The molecule has 120 valence electrons. The highest BCUT2D eigenvalue weighted by molar-refractivity contribution is 5.41. The Kier molecular flexibility index (Phi) is 3.49. The third kappa shape index (κ3) is 2.91. The molecule has 1 saturated carbocycles. The van der Waals surface area contributed by atoms with E-state index < -0.39 is 0 Å². The van der Waals surface area contributed by atoms with Crippen molar-refractivity contribution < 1.29 is 4.42 Å². The Morgan fingerprint density at radius 3 is 2.83 bits per heavy atom. The summed E-state index contributed by atoms with van der Waals surface area (Å²) >= 11 is 0. The van der Waals surface area contributed by atoms with Crippen molar-refractivity contribution in [2.75, 3.05) is 7.05 Å². The highest BCUT2D eigenvalue weighted by Gasteiger charge is 2.36. The molecule has 3 aromatic rings. The molecule has 0 saturated heterocycles. The van der Waals surface area contributed by atoms with E-state index in [2.05, 4.69) is 60.7 Å². The van der Waals surface area contributed by atoms with Crippen molar-refractivity contribution in [3.63, 3.8) is 0 Å². The maximum absolute atomic E-state index is 6.00. The monoisotopic (exact) mass is 309 g/mol. The van der Waals surface area contributed by atoms with E-state index >= 15 is 0 Å². The average Bonchev–Trinajstić information content (AvgIpc) is 2.91. The van der Waals surface area contributed by atoms with Gasteiger partial charge in [-0.25, -0.2) is 4.98 Å². The predicted octanol–water partition coefficient (Wildman–Crippen LogP) is 3.99. The normalized spacial score (nSPS) is 20.5. The first kappa shape index (κ1) is 14.5. The highest BCUT2D eigenvalue weighted by Crippen LogP contribution is 2.47. The molecule has 1 fully saturated rings. The first-order chi connectivity index (χ1) is 11.1. The summed E-state index contributed by atoms with van der Waals surface area (Å²) in [6.07, 6.45) is 3.39. The van der Waals surface area contributed by atoms with Crippen LogP contribution in [0.4, 0.5) is 0 Å². The summed E-state index contributed by atoms with van der Waals surface area (Å²) in [6, 6.07) is 10.5. The topological polar surface area (TPSA) is 33.7 Å². The Bertz CT molecular complexity index is 832. The van der Waals surface area contributed by atoms with Gasteiger partial charge in [0.1, 0.15) is 17.2 Å². The minimum absolute atomic E-state index is 0.649. The molecule has 0 aliphatic heterocycles. The molecule has 0 N–H and O–H groups in total. The Morgan fingerprint density at radius 1 is 1.26 bits per heavy atom. The minimum atomic E-state index is 0.649. The third-order valence-corrected chi connectivity index (χ3v) is 4.76. The molecule has 0 amide bonds. The van der Waals surface area contributed by atoms with Crippen LogP contribution in [-0.2, 0) is 13.1 Å². The Morgan fingerprint density at radius 2 is 2.09 bits per heavy atom. The van der Waals surface area contributed by atoms with E-state index in [4.69, 9.17) is 9.40 Å². The number of aryl methyl sites for hydroxylation is 1. The van der Waals surface area contributed by atoms with Gasteiger partial charge in [-0.2, -0.15) is 0 Å². The summed E-state index contributed by atoms with van der Waals surface area (Å²) < 4.78 is 8.14. The van der Waals surface area contributed by atoms with Gasteiger partial charge in [-0.1, -0.05) is 13.0 Å². The minimum Gasteiger partial charge on any atom is -0.464 e. The van der Waals surface area contributed by atoms with E-state index in [1.165, 1.54) is 12.1 Å². The number of aromatic nitrogens is 2. The highest BCUT2D eigenvalue weighted by atomic mass is 16.3. The fraction of sp³-hybridized carbons (Fsp3) is 0.421. The first-order valence-electron chi connectivity index (χ1n) is 8.31. The molecule has 2 atom stereocenters. The number of rotatable bonds is 5. The third-order valence-electron chi connectivity index (χ3n) is 4.76. The number of imidazole rings is 1. The SMILES string of the molecule is Cc1cccc2nc(CN(C)Cc3ccc([C@H]4C[C@@H]4C)o3)cn12. The van der Waals surface area contributed by atoms with Crippen LogP contribution in [0.25, 0.3) is 5.65 Å². The quantitative estimate of drug-likeness (QED) is 0.714. The van der Waals surface area contributed by atoms with Crippen LogP contribution in [-0.4, -0.2) is 21.3 Å². The van der Waals surface area contributed by atoms with Crippen LogP contribution in [0, 0.1) is 12.8 Å². The van der Waals surface area contributed by atoms with Gasteiger partial charge in [0, 0.05) is 24.4 Å². The fourth-order valence-electron chi connectivity index (χ4n) is 3.27. The van der Waals surface area contributed by atoms with Crippen LogP contribution in [0.1, 0.15) is 42.2 Å². The molecule has 4 rings (SSSR count). The summed E-state index contributed by atoms with van der Waals surface area (Å²) in [7, 11) is 2.11. The second kappa shape index (κ2) is 5.53. The molecule has 0 bridgehead atoms. The second-order valence-electron chi connectivity index (χ2n) is 6.92. The number of nitrogens with zero attached hydrogens (tertiary/aromatic N) is 3. The van der Waals surface area contributed by atoms with Gasteiger partial charge in [-0.15, -0.1) is 0 Å². The van der Waals surface area contributed by atoms with Crippen LogP contribution in [0.3, 0.4) is 0 Å². The molecule has 23 heavy (non-hydrogen) atoms. The summed E-state index contributed by atoms with van der Waals surface area (Å²) in [4.78, 5) is 6.95. The van der Waals surface area contributed by atoms with Crippen LogP contribution < -0.4 is 0 Å². The lowest BCUT2D eigenvalue weighted by molar-refractivity contribution is 0.281. The van der Waals surface area contributed by atoms with Gasteiger partial charge in [0.25, 0.3) is 0 Å². The lowest BCUT2D eigenvalue weighted by Gasteiger charge is -2.13. The van der Waals surface area contributed by atoms with Crippen molar-refractivity contribution in [2.24, 2.45) is 5.92 Å². The predicted molar refractivity (Wildman–Crippen MR) is 90.3 cm³/mol. The lowest BCUT2D eigenvalue weighted by atomic mass is 10.3. The number of hydrogen-bond donors (Lipinski definition) is 0. The zero-order valence-corrected chi connectivity index (χ0v) is 14.0. The molecule has 0 unspecified atom stereocenters. The molecule has 1 aliphatic rings. The summed E-state index contributed by atoms with van der Waals surface area (Å²) in [5.74, 6) is 3.63. The molecule has 1 aliphatic carbocycles. The fourth-order valence-corrected chi connectivity index (χ4v) is 3.27. The maximum atomic E-state index is 6.00. The smallest absolute Gasteiger partial charge is 0.137 e. The lowest BCUT2D eigenvalue weighted by Crippen LogP contribution is -2.17. The van der Waals surface area contributed by atoms with Gasteiger partial charge in [-0.3, -0.25) is 4.90 Å². The molecule has 3 aromatic heterocycles. The van der Waals surface area contributed by atoms with Crippen LogP contribution in [0.15, 0.2) is 40.9 Å². The molecule has 0 spiro atoms. The van der Waals surface area contributed by atoms with E-state index in [9.17, 15) is 0 Å². The van der Waals surface area contributed by atoms with Crippen molar-refractivity contribution in [3.8, 4) is 0 Å². The van der Waals surface area contributed by atoms with Crippen molar-refractivity contribution in [1.82, 2.24) is 14.3 Å². The van der Waals surface area contributed by atoms with Gasteiger partial charge >= 0.3 is 0 Å². The van der Waals surface area contributed by atoms with Gasteiger partial charge in [-0.05, 0) is 50.6 Å². The Hall–Kier alpha value is -2.07. The molecule has 4 nitrogen and oxygen atoms in total. The van der Waals surface area contributed by atoms with Gasteiger partial charge in [0.2, 0.25) is 0 Å². The largest absolute Gasteiger partial charge is 0.464 e. The van der Waals surface area contributed by atoms with E-state index in [-0.39, 0.29) is 0 Å². The second-order valence-corrected chi connectivity index (χ2v) is 6.92. The summed E-state index contributed by atoms with van der Waals surface area (Å²) in [5, 5.41) is 0. The maximum Gasteiger partial charge on any atom is 0.137 e. The molecular formula is C19H23N3O. The van der Waals surface area contributed by atoms with Crippen LogP contribution in [0.5, 0.6) is 0 Å². The molecule has 3 heterocycles. The zero-order valence-electron chi connectivity index (χ0n) is 14.0. The summed E-state index contributed by atoms with van der Waals surface area (Å²) in [5.41, 5.74) is 3.30. The van der Waals surface area contributed by atoms with Crippen molar-refractivity contribution >= 4 is 5.65 Å². The van der Waals surface area contributed by atoms with Gasteiger partial charge < -0.3 is 8.82 Å². The first-order valence-corrected chi connectivity index (χ1v) is 8.31. The van der Waals surface area contributed by atoms with E-state index in [0.717, 1.165) is 41.9 Å². The molecular weight excluding hydrogens is 286 g/mol. The van der Waals surface area contributed by atoms with Gasteiger partial charge in [0.05, 0.1) is 12.2 Å². The standard InChI is InChI=1S/C19H23N3O/c1-13-9-17(13)18-8-7-16(23-18)12-21(3)10-15-11-22-14(2)5-4-6-19(22)20-15/h4-8,11,13,17H,9-10,12H2,1-3H3/t13-,17-/m0/s1. The molecule has 0 radical (unpaired) electrons. The van der Waals surface area contributed by atoms with Crippen molar-refractivity contribution in [2.45, 2.75) is 39.3 Å². The number of fused-ring (bicyclic) bond motifs is 1. The Labute approximate surface area is 136 Å². The summed E-state index contributed by atoms with van der Waals surface area (Å²) in [6.45, 7) is 6.01. The van der Waals surface area contributed by atoms with E-state index in [1.54, 1.807) is 0 Å². The van der Waals surface area contributed by atoms with Gasteiger partial charge in [0.15, 0.2) is 0 Å². The average molecular weight is 309 g/mol. The van der Waals surface area contributed by atoms with E-state index in [0.29, 0.717) is 5.92 Å². The van der Waals surface area contributed by atoms with Crippen molar-refractivity contribution in [3.05, 3.63) is 59.4 Å².